The number of rotatable bonds is 12. The molecule has 2 amide bonds. The Labute approximate surface area is 223 Å². The molecular weight excluding hydrogens is 525 g/mol. The van der Waals surface area contributed by atoms with Crippen LogP contribution < -0.4 is 14.4 Å². The summed E-state index contributed by atoms with van der Waals surface area (Å²) in [5, 5.41) is 3.50. The van der Waals surface area contributed by atoms with Crippen molar-refractivity contribution >= 4 is 50.7 Å². The lowest BCUT2D eigenvalue weighted by Gasteiger charge is -2.33. The quantitative estimate of drug-likeness (QED) is 0.414. The molecule has 11 heteroatoms. The molecule has 0 bridgehead atoms. The van der Waals surface area contributed by atoms with E-state index in [1.165, 1.54) is 4.90 Å². The zero-order valence-electron chi connectivity index (χ0n) is 21.1. The van der Waals surface area contributed by atoms with Gasteiger partial charge < -0.3 is 15.0 Å². The summed E-state index contributed by atoms with van der Waals surface area (Å²) in [6.45, 7) is 6.88. The maximum Gasteiger partial charge on any atom is 0.244 e. The van der Waals surface area contributed by atoms with Gasteiger partial charge in [0.15, 0.2) is 0 Å². The number of sulfonamides is 1. The van der Waals surface area contributed by atoms with E-state index in [1.807, 2.05) is 13.8 Å². The number of anilines is 1. The Morgan fingerprint density at radius 1 is 1.03 bits per heavy atom. The van der Waals surface area contributed by atoms with Crippen LogP contribution in [0.15, 0.2) is 42.5 Å². The largest absolute Gasteiger partial charge is 0.492 e. The van der Waals surface area contributed by atoms with Crippen LogP contribution in [0.3, 0.4) is 0 Å². The highest BCUT2D eigenvalue weighted by atomic mass is 35.5. The van der Waals surface area contributed by atoms with E-state index in [2.05, 4.69) is 5.32 Å². The van der Waals surface area contributed by atoms with Gasteiger partial charge in [0.1, 0.15) is 18.3 Å². The highest BCUT2D eigenvalue weighted by molar-refractivity contribution is 7.92. The van der Waals surface area contributed by atoms with Crippen LogP contribution in [0.1, 0.15) is 39.7 Å². The van der Waals surface area contributed by atoms with Crippen molar-refractivity contribution in [3.63, 3.8) is 0 Å². The van der Waals surface area contributed by atoms with Gasteiger partial charge in [-0.3, -0.25) is 13.9 Å². The lowest BCUT2D eigenvalue weighted by molar-refractivity contribution is -0.140. The number of para-hydroxylation sites is 2. The molecule has 1 N–H and O–H groups in total. The first-order chi connectivity index (χ1) is 16.9. The Kier molecular flexibility index (Phi) is 10.9. The van der Waals surface area contributed by atoms with Gasteiger partial charge in [-0.2, -0.15) is 0 Å². The lowest BCUT2D eigenvalue weighted by atomic mass is 10.1. The number of benzene rings is 2. The van der Waals surface area contributed by atoms with Crippen LogP contribution in [0.2, 0.25) is 10.0 Å². The summed E-state index contributed by atoms with van der Waals surface area (Å²) in [7, 11) is -3.90. The summed E-state index contributed by atoms with van der Waals surface area (Å²) in [5.41, 5.74) is 0.691. The second-order valence-electron chi connectivity index (χ2n) is 8.48. The number of carbonyl (C=O) groups is 2. The molecular formula is C25H33Cl2N3O5S. The van der Waals surface area contributed by atoms with Crippen molar-refractivity contribution in [1.29, 1.82) is 0 Å². The van der Waals surface area contributed by atoms with Crippen LogP contribution in [-0.2, 0) is 26.2 Å². The van der Waals surface area contributed by atoms with Gasteiger partial charge in [-0.15, -0.1) is 0 Å². The number of nitrogens with zero attached hydrogens (tertiary/aromatic N) is 2. The SMILES string of the molecule is CCOc1ccccc1N(CC(=O)N(Cc1c(Cl)cccc1Cl)[C@H](CC)C(=O)NC(C)C)S(C)(=O)=O. The van der Waals surface area contributed by atoms with Gasteiger partial charge in [-0.1, -0.05) is 48.3 Å². The summed E-state index contributed by atoms with van der Waals surface area (Å²) in [6, 6.07) is 10.5. The van der Waals surface area contributed by atoms with Crippen molar-refractivity contribution in [2.75, 3.05) is 23.7 Å². The second kappa shape index (κ2) is 13.2. The van der Waals surface area contributed by atoms with Crippen molar-refractivity contribution in [3.8, 4) is 5.75 Å². The number of nitrogens with one attached hydrogen (secondary N) is 1. The molecule has 0 aliphatic carbocycles. The van der Waals surface area contributed by atoms with E-state index >= 15 is 0 Å². The van der Waals surface area contributed by atoms with E-state index in [0.29, 0.717) is 34.4 Å². The molecule has 0 aliphatic heterocycles. The van der Waals surface area contributed by atoms with Gasteiger partial charge in [0.05, 0.1) is 18.6 Å². The minimum absolute atomic E-state index is 0.0773. The molecule has 0 unspecified atom stereocenters. The highest BCUT2D eigenvalue weighted by Crippen LogP contribution is 2.31. The molecule has 36 heavy (non-hydrogen) atoms. The molecule has 0 spiro atoms. The fourth-order valence-electron chi connectivity index (χ4n) is 3.69. The van der Waals surface area contributed by atoms with Crippen LogP contribution in [0.5, 0.6) is 5.75 Å². The van der Waals surface area contributed by atoms with E-state index in [-0.39, 0.29) is 24.2 Å². The first-order valence-electron chi connectivity index (χ1n) is 11.6. The third kappa shape index (κ3) is 7.75. The molecule has 0 radical (unpaired) electrons. The first-order valence-corrected chi connectivity index (χ1v) is 14.2. The zero-order valence-corrected chi connectivity index (χ0v) is 23.5. The monoisotopic (exact) mass is 557 g/mol. The van der Waals surface area contributed by atoms with Crippen LogP contribution in [0.4, 0.5) is 5.69 Å². The van der Waals surface area contributed by atoms with E-state index < -0.39 is 28.5 Å². The predicted molar refractivity (Wildman–Crippen MR) is 144 cm³/mol. The number of carbonyl (C=O) groups excluding carboxylic acids is 2. The Morgan fingerprint density at radius 2 is 1.64 bits per heavy atom. The summed E-state index contributed by atoms with van der Waals surface area (Å²) >= 11 is 12.7. The maximum atomic E-state index is 13.8. The van der Waals surface area contributed by atoms with Crippen molar-refractivity contribution in [1.82, 2.24) is 10.2 Å². The summed E-state index contributed by atoms with van der Waals surface area (Å²) < 4.78 is 32.2. The summed E-state index contributed by atoms with van der Waals surface area (Å²) in [5.74, 6) is -0.623. The van der Waals surface area contributed by atoms with Gasteiger partial charge in [-0.25, -0.2) is 8.42 Å². The van der Waals surface area contributed by atoms with Crippen LogP contribution >= 0.6 is 23.2 Å². The van der Waals surface area contributed by atoms with E-state index in [0.717, 1.165) is 10.6 Å². The van der Waals surface area contributed by atoms with Gasteiger partial charge in [-0.05, 0) is 51.5 Å². The molecule has 0 fully saturated rings. The predicted octanol–water partition coefficient (Wildman–Crippen LogP) is 4.49. The van der Waals surface area contributed by atoms with E-state index in [4.69, 9.17) is 27.9 Å². The van der Waals surface area contributed by atoms with Crippen LogP contribution in [0.25, 0.3) is 0 Å². The average Bonchev–Trinajstić information content (AvgIpc) is 2.78. The molecule has 1 atom stereocenters. The Bertz CT molecular complexity index is 1150. The summed E-state index contributed by atoms with van der Waals surface area (Å²) in [4.78, 5) is 28.2. The zero-order chi connectivity index (χ0) is 27.0. The average molecular weight is 559 g/mol. The number of ether oxygens (including phenoxy) is 1. The van der Waals surface area contributed by atoms with Gasteiger partial charge >= 0.3 is 0 Å². The molecule has 2 aromatic carbocycles. The lowest BCUT2D eigenvalue weighted by Crippen LogP contribution is -2.53. The normalized spacial score (nSPS) is 12.2. The topological polar surface area (TPSA) is 96.0 Å². The van der Waals surface area contributed by atoms with Crippen molar-refractivity contribution in [2.24, 2.45) is 0 Å². The molecule has 0 saturated carbocycles. The standard InChI is InChI=1S/C25H33Cl2N3O5S/c1-6-21(25(32)28-17(3)4)29(15-18-19(26)11-10-12-20(18)27)24(31)16-30(36(5,33)34)22-13-8-9-14-23(22)35-7-2/h8-14,17,21H,6-7,15-16H2,1-5H3,(H,28,32)/t21-/m1/s1. The molecule has 0 saturated heterocycles. The molecule has 2 rings (SSSR count). The van der Waals surface area contributed by atoms with E-state index in [9.17, 15) is 18.0 Å². The molecule has 0 heterocycles. The van der Waals surface area contributed by atoms with Crippen molar-refractivity contribution in [3.05, 3.63) is 58.1 Å². The number of hydrogen-bond donors (Lipinski definition) is 1. The molecule has 0 aliphatic rings. The Hall–Kier alpha value is -2.49. The van der Waals surface area contributed by atoms with Gasteiger partial charge in [0.2, 0.25) is 21.8 Å². The minimum atomic E-state index is -3.90. The molecule has 2 aromatic rings. The van der Waals surface area contributed by atoms with Crippen molar-refractivity contribution < 1.29 is 22.7 Å². The fourth-order valence-corrected chi connectivity index (χ4v) is 5.06. The number of halogens is 2. The highest BCUT2D eigenvalue weighted by Gasteiger charge is 2.33. The second-order valence-corrected chi connectivity index (χ2v) is 11.2. The van der Waals surface area contributed by atoms with Crippen LogP contribution in [0, 0.1) is 0 Å². The first kappa shape index (κ1) is 29.7. The van der Waals surface area contributed by atoms with E-state index in [1.54, 1.807) is 56.3 Å². The third-order valence-electron chi connectivity index (χ3n) is 5.32. The summed E-state index contributed by atoms with van der Waals surface area (Å²) in [6.07, 6.45) is 1.31. The molecule has 8 nitrogen and oxygen atoms in total. The molecule has 198 valence electrons. The smallest absolute Gasteiger partial charge is 0.244 e. The van der Waals surface area contributed by atoms with Gasteiger partial charge in [0, 0.05) is 28.2 Å². The Morgan fingerprint density at radius 3 is 2.17 bits per heavy atom. The third-order valence-corrected chi connectivity index (χ3v) is 7.15. The fraction of sp³-hybridized carbons (Fsp3) is 0.440. The maximum absolute atomic E-state index is 13.8. The van der Waals surface area contributed by atoms with Crippen molar-refractivity contribution in [2.45, 2.75) is 52.7 Å². The molecule has 0 aromatic heterocycles. The number of amides is 2. The van der Waals surface area contributed by atoms with Gasteiger partial charge in [0.25, 0.3) is 0 Å². The Balaban J connectivity index is 2.55. The van der Waals surface area contributed by atoms with Crippen LogP contribution in [-0.4, -0.2) is 56.6 Å². The number of hydrogen-bond acceptors (Lipinski definition) is 5. The minimum Gasteiger partial charge on any atom is -0.492 e.